The average Bonchev–Trinajstić information content (AvgIpc) is 2.41. The first kappa shape index (κ1) is 14.5. The maximum absolute atomic E-state index is 10.8. The molecule has 0 fully saturated rings. The molecule has 18 heavy (non-hydrogen) atoms. The molecule has 0 aliphatic rings. The summed E-state index contributed by atoms with van der Waals surface area (Å²) in [6, 6.07) is 7.41. The SMILES string of the molecule is COC(=O)CCOCc1cccc(OCCO)c1. The molecule has 0 aliphatic carbocycles. The van der Waals surface area contributed by atoms with Crippen molar-refractivity contribution in [3.8, 4) is 5.75 Å². The van der Waals surface area contributed by atoms with Crippen molar-refractivity contribution in [1.29, 1.82) is 0 Å². The third-order valence-electron chi connectivity index (χ3n) is 2.21. The van der Waals surface area contributed by atoms with Crippen LogP contribution in [0.4, 0.5) is 0 Å². The van der Waals surface area contributed by atoms with E-state index >= 15 is 0 Å². The fourth-order valence-corrected chi connectivity index (χ4v) is 1.34. The van der Waals surface area contributed by atoms with Crippen LogP contribution in [0.1, 0.15) is 12.0 Å². The normalized spacial score (nSPS) is 10.1. The monoisotopic (exact) mass is 254 g/mol. The van der Waals surface area contributed by atoms with Crippen LogP contribution in [-0.2, 0) is 20.9 Å². The zero-order chi connectivity index (χ0) is 13.2. The van der Waals surface area contributed by atoms with Gasteiger partial charge in [0.05, 0.1) is 33.4 Å². The molecular weight excluding hydrogens is 236 g/mol. The van der Waals surface area contributed by atoms with Gasteiger partial charge in [-0.1, -0.05) is 12.1 Å². The van der Waals surface area contributed by atoms with Crippen LogP contribution in [-0.4, -0.2) is 38.0 Å². The molecule has 100 valence electrons. The van der Waals surface area contributed by atoms with Crippen molar-refractivity contribution in [2.75, 3.05) is 26.9 Å². The predicted octanol–water partition coefficient (Wildman–Crippen LogP) is 1.14. The van der Waals surface area contributed by atoms with Crippen molar-refractivity contribution in [2.45, 2.75) is 13.0 Å². The third kappa shape index (κ3) is 5.65. The van der Waals surface area contributed by atoms with E-state index in [0.29, 0.717) is 19.0 Å². The highest BCUT2D eigenvalue weighted by molar-refractivity contribution is 5.69. The summed E-state index contributed by atoms with van der Waals surface area (Å²) in [5.41, 5.74) is 0.954. The summed E-state index contributed by atoms with van der Waals surface area (Å²) < 4.78 is 15.1. The van der Waals surface area contributed by atoms with Gasteiger partial charge in [0.2, 0.25) is 0 Å². The quantitative estimate of drug-likeness (QED) is 0.556. The van der Waals surface area contributed by atoms with Gasteiger partial charge in [-0.3, -0.25) is 4.79 Å². The topological polar surface area (TPSA) is 65.0 Å². The largest absolute Gasteiger partial charge is 0.491 e. The Labute approximate surface area is 106 Å². The zero-order valence-electron chi connectivity index (χ0n) is 10.4. The number of methoxy groups -OCH3 is 1. The lowest BCUT2D eigenvalue weighted by Gasteiger charge is -2.07. The van der Waals surface area contributed by atoms with Crippen LogP contribution in [0.5, 0.6) is 5.75 Å². The van der Waals surface area contributed by atoms with Crippen LogP contribution in [0.2, 0.25) is 0 Å². The minimum Gasteiger partial charge on any atom is -0.491 e. The molecule has 1 N–H and O–H groups in total. The van der Waals surface area contributed by atoms with Crippen molar-refractivity contribution in [1.82, 2.24) is 0 Å². The lowest BCUT2D eigenvalue weighted by atomic mass is 10.2. The van der Waals surface area contributed by atoms with Crippen molar-refractivity contribution in [3.63, 3.8) is 0 Å². The van der Waals surface area contributed by atoms with Gasteiger partial charge in [0.25, 0.3) is 0 Å². The van der Waals surface area contributed by atoms with Gasteiger partial charge in [-0.05, 0) is 17.7 Å². The number of carbonyl (C=O) groups excluding carboxylic acids is 1. The van der Waals surface area contributed by atoms with E-state index in [1.807, 2.05) is 24.3 Å². The Bertz CT molecular complexity index is 364. The Kier molecular flexibility index (Phi) is 6.83. The summed E-state index contributed by atoms with van der Waals surface area (Å²) in [5, 5.41) is 8.65. The van der Waals surface area contributed by atoms with Gasteiger partial charge < -0.3 is 19.3 Å². The Morgan fingerprint density at radius 1 is 1.33 bits per heavy atom. The van der Waals surface area contributed by atoms with Gasteiger partial charge in [0, 0.05) is 0 Å². The molecule has 1 rings (SSSR count). The number of aliphatic hydroxyl groups is 1. The highest BCUT2D eigenvalue weighted by Gasteiger charge is 2.01. The Hall–Kier alpha value is -1.59. The molecule has 5 heteroatoms. The van der Waals surface area contributed by atoms with Crippen molar-refractivity contribution < 1.29 is 24.1 Å². The molecule has 1 aromatic rings. The van der Waals surface area contributed by atoms with Gasteiger partial charge >= 0.3 is 5.97 Å². The number of hydrogen-bond acceptors (Lipinski definition) is 5. The molecule has 0 saturated heterocycles. The smallest absolute Gasteiger partial charge is 0.307 e. The number of rotatable bonds is 8. The molecule has 0 aromatic heterocycles. The highest BCUT2D eigenvalue weighted by Crippen LogP contribution is 2.14. The van der Waals surface area contributed by atoms with E-state index in [0.717, 1.165) is 5.56 Å². The second-order valence-electron chi connectivity index (χ2n) is 3.60. The molecule has 0 saturated carbocycles. The van der Waals surface area contributed by atoms with Crippen LogP contribution in [0.3, 0.4) is 0 Å². The Balaban J connectivity index is 2.31. The van der Waals surface area contributed by atoms with Crippen LogP contribution >= 0.6 is 0 Å². The first-order valence-electron chi connectivity index (χ1n) is 5.73. The standard InChI is InChI=1S/C13H18O5/c1-16-13(15)5-7-17-10-11-3-2-4-12(9-11)18-8-6-14/h2-4,9,14H,5-8,10H2,1H3. The molecule has 0 heterocycles. The summed E-state index contributed by atoms with van der Waals surface area (Å²) in [7, 11) is 1.35. The second-order valence-corrected chi connectivity index (χ2v) is 3.60. The molecule has 0 aliphatic heterocycles. The minimum absolute atomic E-state index is 0.0140. The lowest BCUT2D eigenvalue weighted by molar-refractivity contribution is -0.141. The Morgan fingerprint density at radius 2 is 2.17 bits per heavy atom. The molecular formula is C13H18O5. The third-order valence-corrected chi connectivity index (χ3v) is 2.21. The van der Waals surface area contributed by atoms with Gasteiger partial charge in [0.1, 0.15) is 12.4 Å². The van der Waals surface area contributed by atoms with E-state index in [-0.39, 0.29) is 25.6 Å². The number of benzene rings is 1. The number of aliphatic hydroxyl groups excluding tert-OH is 1. The summed E-state index contributed by atoms with van der Waals surface area (Å²) >= 11 is 0. The van der Waals surface area contributed by atoms with Gasteiger partial charge in [0.15, 0.2) is 0 Å². The van der Waals surface area contributed by atoms with E-state index < -0.39 is 0 Å². The summed E-state index contributed by atoms with van der Waals surface area (Å²) in [4.78, 5) is 10.8. The molecule has 0 amide bonds. The predicted molar refractivity (Wildman–Crippen MR) is 65.3 cm³/mol. The first-order valence-corrected chi connectivity index (χ1v) is 5.73. The lowest BCUT2D eigenvalue weighted by Crippen LogP contribution is -2.06. The van der Waals surface area contributed by atoms with Crippen molar-refractivity contribution >= 4 is 5.97 Å². The average molecular weight is 254 g/mol. The molecule has 0 spiro atoms. The summed E-state index contributed by atoms with van der Waals surface area (Å²) in [5.74, 6) is 0.410. The molecule has 0 radical (unpaired) electrons. The number of hydrogen-bond donors (Lipinski definition) is 1. The number of carbonyl (C=O) groups is 1. The van der Waals surface area contributed by atoms with Crippen LogP contribution < -0.4 is 4.74 Å². The molecule has 0 bridgehead atoms. The van der Waals surface area contributed by atoms with Crippen molar-refractivity contribution in [3.05, 3.63) is 29.8 Å². The minimum atomic E-state index is -0.282. The first-order chi connectivity index (χ1) is 8.76. The Morgan fingerprint density at radius 3 is 2.89 bits per heavy atom. The maximum atomic E-state index is 10.8. The number of esters is 1. The van der Waals surface area contributed by atoms with E-state index in [2.05, 4.69) is 4.74 Å². The molecule has 0 unspecified atom stereocenters. The van der Waals surface area contributed by atoms with Crippen LogP contribution in [0, 0.1) is 0 Å². The van der Waals surface area contributed by atoms with E-state index in [1.54, 1.807) is 0 Å². The van der Waals surface area contributed by atoms with Crippen LogP contribution in [0.15, 0.2) is 24.3 Å². The zero-order valence-corrected chi connectivity index (χ0v) is 10.4. The molecule has 1 aromatic carbocycles. The van der Waals surface area contributed by atoms with E-state index in [4.69, 9.17) is 14.6 Å². The van der Waals surface area contributed by atoms with Crippen LogP contribution in [0.25, 0.3) is 0 Å². The van der Waals surface area contributed by atoms with E-state index in [9.17, 15) is 4.79 Å². The molecule has 5 nitrogen and oxygen atoms in total. The van der Waals surface area contributed by atoms with Crippen molar-refractivity contribution in [2.24, 2.45) is 0 Å². The number of ether oxygens (including phenoxy) is 3. The maximum Gasteiger partial charge on any atom is 0.307 e. The van der Waals surface area contributed by atoms with E-state index in [1.165, 1.54) is 7.11 Å². The fraction of sp³-hybridized carbons (Fsp3) is 0.462. The van der Waals surface area contributed by atoms with Gasteiger partial charge in [-0.2, -0.15) is 0 Å². The van der Waals surface area contributed by atoms with Gasteiger partial charge in [-0.15, -0.1) is 0 Å². The summed E-state index contributed by atoms with van der Waals surface area (Å²) in [6.45, 7) is 0.994. The van der Waals surface area contributed by atoms with Gasteiger partial charge in [-0.25, -0.2) is 0 Å². The molecule has 0 atom stereocenters. The summed E-state index contributed by atoms with van der Waals surface area (Å²) in [6.07, 6.45) is 0.247. The second kappa shape index (κ2) is 8.49. The highest BCUT2D eigenvalue weighted by atomic mass is 16.5. The fourth-order valence-electron chi connectivity index (χ4n) is 1.34.